The summed E-state index contributed by atoms with van der Waals surface area (Å²) in [7, 11) is 0. The van der Waals surface area contributed by atoms with Gasteiger partial charge in [0.05, 0.1) is 16.3 Å². The van der Waals surface area contributed by atoms with E-state index in [1.807, 2.05) is 6.92 Å². The number of carboxylic acid groups (broad SMARTS) is 1. The Kier molecular flexibility index (Phi) is 5.12. The lowest BCUT2D eigenvalue weighted by Crippen LogP contribution is -2.19. The summed E-state index contributed by atoms with van der Waals surface area (Å²) < 4.78 is 0. The van der Waals surface area contributed by atoms with E-state index in [1.165, 1.54) is 18.2 Å². The number of carbonyl (C=O) groups excluding carboxylic acids is 1. The number of nitrogens with two attached hydrogens (primary N) is 1. The van der Waals surface area contributed by atoms with Crippen LogP contribution in [0.15, 0.2) is 18.2 Å². The number of carbonyl (C=O) groups is 2. The summed E-state index contributed by atoms with van der Waals surface area (Å²) in [5, 5.41) is 11.7. The molecule has 4 N–H and O–H groups in total. The maximum absolute atomic E-state index is 11.6. The predicted molar refractivity (Wildman–Crippen MR) is 69.9 cm³/mol. The number of rotatable bonds is 5. The van der Waals surface area contributed by atoms with Crippen LogP contribution in [-0.2, 0) is 4.79 Å². The zero-order valence-corrected chi connectivity index (χ0v) is 10.7. The number of benzene rings is 1. The largest absolute Gasteiger partial charge is 0.478 e. The Hall–Kier alpha value is -1.59. The smallest absolute Gasteiger partial charge is 0.335 e. The molecule has 0 radical (unpaired) electrons. The molecule has 1 aromatic rings. The van der Waals surface area contributed by atoms with Gasteiger partial charge in [-0.3, -0.25) is 4.79 Å². The van der Waals surface area contributed by atoms with Crippen molar-refractivity contribution in [2.45, 2.75) is 25.8 Å². The molecule has 18 heavy (non-hydrogen) atoms. The monoisotopic (exact) mass is 270 g/mol. The van der Waals surface area contributed by atoms with E-state index in [2.05, 4.69) is 5.32 Å². The fourth-order valence-corrected chi connectivity index (χ4v) is 1.49. The quantitative estimate of drug-likeness (QED) is 0.764. The van der Waals surface area contributed by atoms with E-state index < -0.39 is 5.97 Å². The lowest BCUT2D eigenvalue weighted by Gasteiger charge is -2.09. The van der Waals surface area contributed by atoms with Crippen molar-refractivity contribution < 1.29 is 14.7 Å². The molecule has 0 fully saturated rings. The normalized spacial score (nSPS) is 11.9. The second-order valence-electron chi connectivity index (χ2n) is 4.06. The number of hydrogen-bond acceptors (Lipinski definition) is 3. The van der Waals surface area contributed by atoms with E-state index in [1.54, 1.807) is 0 Å². The summed E-state index contributed by atoms with van der Waals surface area (Å²) in [5.41, 5.74) is 5.91. The maximum atomic E-state index is 11.6. The van der Waals surface area contributed by atoms with Crippen LogP contribution < -0.4 is 11.1 Å². The third-order valence-corrected chi connectivity index (χ3v) is 2.64. The van der Waals surface area contributed by atoms with E-state index in [0.29, 0.717) is 17.1 Å². The summed E-state index contributed by atoms with van der Waals surface area (Å²) in [6.45, 7) is 1.81. The Morgan fingerprint density at radius 1 is 1.50 bits per heavy atom. The molecule has 0 aromatic heterocycles. The Bertz CT molecular complexity index is 461. The zero-order chi connectivity index (χ0) is 13.7. The van der Waals surface area contributed by atoms with Gasteiger partial charge in [-0.1, -0.05) is 11.6 Å². The molecular formula is C12H15ClN2O3. The second kappa shape index (κ2) is 6.37. The predicted octanol–water partition coefficient (Wildman–Crippen LogP) is 2.10. The molecule has 6 heteroatoms. The lowest BCUT2D eigenvalue weighted by atomic mass is 10.1. The van der Waals surface area contributed by atoms with Gasteiger partial charge in [0.15, 0.2) is 0 Å². The van der Waals surface area contributed by atoms with Gasteiger partial charge in [-0.05, 0) is 31.5 Å². The highest BCUT2D eigenvalue weighted by Gasteiger charge is 2.10. The van der Waals surface area contributed by atoms with Crippen LogP contribution >= 0.6 is 11.6 Å². The minimum atomic E-state index is -1.07. The number of carboxylic acids is 1. The molecule has 1 rings (SSSR count). The lowest BCUT2D eigenvalue weighted by molar-refractivity contribution is -0.116. The van der Waals surface area contributed by atoms with Crippen molar-refractivity contribution in [3.8, 4) is 0 Å². The molecule has 0 aliphatic rings. The minimum Gasteiger partial charge on any atom is -0.478 e. The van der Waals surface area contributed by atoms with Crippen molar-refractivity contribution in [1.29, 1.82) is 0 Å². The van der Waals surface area contributed by atoms with Gasteiger partial charge in [0.2, 0.25) is 5.91 Å². The Balaban J connectivity index is 2.74. The third kappa shape index (κ3) is 4.35. The SMILES string of the molecule is CC(N)CCC(=O)Nc1cc(C(=O)O)ccc1Cl. The number of anilines is 1. The van der Waals surface area contributed by atoms with Gasteiger partial charge in [-0.25, -0.2) is 4.79 Å². The fraction of sp³-hybridized carbons (Fsp3) is 0.333. The summed E-state index contributed by atoms with van der Waals surface area (Å²) in [4.78, 5) is 22.4. The number of halogens is 1. The van der Waals surface area contributed by atoms with Crippen LogP contribution in [0.5, 0.6) is 0 Å². The summed E-state index contributed by atoms with van der Waals surface area (Å²) in [6, 6.07) is 4.08. The molecular weight excluding hydrogens is 256 g/mol. The number of amides is 1. The molecule has 0 aliphatic heterocycles. The van der Waals surface area contributed by atoms with Crippen LogP contribution in [0.2, 0.25) is 5.02 Å². The van der Waals surface area contributed by atoms with Crippen molar-refractivity contribution >= 4 is 29.2 Å². The summed E-state index contributed by atoms with van der Waals surface area (Å²) in [6.07, 6.45) is 0.827. The molecule has 0 aliphatic carbocycles. The van der Waals surface area contributed by atoms with Crippen molar-refractivity contribution in [3.05, 3.63) is 28.8 Å². The minimum absolute atomic E-state index is 0.0587. The first-order valence-corrected chi connectivity index (χ1v) is 5.86. The zero-order valence-electron chi connectivity index (χ0n) is 9.94. The van der Waals surface area contributed by atoms with Gasteiger partial charge in [0.25, 0.3) is 0 Å². The van der Waals surface area contributed by atoms with E-state index in [0.717, 1.165) is 0 Å². The number of aromatic carboxylic acids is 1. The average Bonchev–Trinajstić information content (AvgIpc) is 2.29. The van der Waals surface area contributed by atoms with Crippen LogP contribution in [0.4, 0.5) is 5.69 Å². The molecule has 5 nitrogen and oxygen atoms in total. The highest BCUT2D eigenvalue weighted by Crippen LogP contribution is 2.23. The van der Waals surface area contributed by atoms with Gasteiger partial charge in [0, 0.05) is 12.5 Å². The Morgan fingerprint density at radius 3 is 2.72 bits per heavy atom. The van der Waals surface area contributed by atoms with Crippen molar-refractivity contribution in [2.24, 2.45) is 5.73 Å². The Labute approximate surface area is 110 Å². The maximum Gasteiger partial charge on any atom is 0.335 e. The molecule has 0 spiro atoms. The average molecular weight is 271 g/mol. The summed E-state index contributed by atoms with van der Waals surface area (Å²) in [5.74, 6) is -1.31. The van der Waals surface area contributed by atoms with Crippen LogP contribution in [0.25, 0.3) is 0 Å². The second-order valence-corrected chi connectivity index (χ2v) is 4.47. The van der Waals surface area contributed by atoms with E-state index >= 15 is 0 Å². The van der Waals surface area contributed by atoms with Crippen molar-refractivity contribution in [3.63, 3.8) is 0 Å². The molecule has 1 unspecified atom stereocenters. The standard InChI is InChI=1S/C12H15ClN2O3/c1-7(14)2-5-11(16)15-10-6-8(12(17)18)3-4-9(10)13/h3-4,6-7H,2,5,14H2,1H3,(H,15,16)(H,17,18). The van der Waals surface area contributed by atoms with Gasteiger partial charge in [-0.2, -0.15) is 0 Å². The number of hydrogen-bond donors (Lipinski definition) is 3. The van der Waals surface area contributed by atoms with Crippen LogP contribution in [-0.4, -0.2) is 23.0 Å². The molecule has 0 saturated carbocycles. The van der Waals surface area contributed by atoms with E-state index in [4.69, 9.17) is 22.4 Å². The molecule has 1 aromatic carbocycles. The van der Waals surface area contributed by atoms with Gasteiger partial charge in [0.1, 0.15) is 0 Å². The van der Waals surface area contributed by atoms with Gasteiger partial charge >= 0.3 is 5.97 Å². The highest BCUT2D eigenvalue weighted by molar-refractivity contribution is 6.33. The summed E-state index contributed by atoms with van der Waals surface area (Å²) >= 11 is 5.88. The number of nitrogens with one attached hydrogen (secondary N) is 1. The van der Waals surface area contributed by atoms with Crippen LogP contribution in [0.3, 0.4) is 0 Å². The molecule has 0 bridgehead atoms. The fourth-order valence-electron chi connectivity index (χ4n) is 1.33. The Morgan fingerprint density at radius 2 is 2.17 bits per heavy atom. The van der Waals surface area contributed by atoms with Gasteiger partial charge < -0.3 is 16.2 Å². The molecule has 0 saturated heterocycles. The topological polar surface area (TPSA) is 92.4 Å². The van der Waals surface area contributed by atoms with Crippen LogP contribution in [0, 0.1) is 0 Å². The first-order chi connectivity index (χ1) is 8.40. The van der Waals surface area contributed by atoms with Gasteiger partial charge in [-0.15, -0.1) is 0 Å². The van der Waals surface area contributed by atoms with Crippen molar-refractivity contribution in [1.82, 2.24) is 0 Å². The highest BCUT2D eigenvalue weighted by atomic mass is 35.5. The van der Waals surface area contributed by atoms with E-state index in [-0.39, 0.29) is 23.9 Å². The molecule has 1 atom stereocenters. The van der Waals surface area contributed by atoms with E-state index in [9.17, 15) is 9.59 Å². The van der Waals surface area contributed by atoms with Crippen molar-refractivity contribution in [2.75, 3.05) is 5.32 Å². The first-order valence-electron chi connectivity index (χ1n) is 5.48. The van der Waals surface area contributed by atoms with Crippen LogP contribution in [0.1, 0.15) is 30.1 Å². The molecule has 1 amide bonds. The molecule has 98 valence electrons. The molecule has 0 heterocycles. The first kappa shape index (κ1) is 14.5. The third-order valence-electron chi connectivity index (χ3n) is 2.31.